The van der Waals surface area contributed by atoms with Gasteiger partial charge in [-0.05, 0) is 25.1 Å². The van der Waals surface area contributed by atoms with Gasteiger partial charge in [0.15, 0.2) is 0 Å². The number of alkyl halides is 2. The second-order valence-electron chi connectivity index (χ2n) is 3.62. The summed E-state index contributed by atoms with van der Waals surface area (Å²) in [7, 11) is 1.81. The number of nitrogens with one attached hydrogen (secondary N) is 1. The van der Waals surface area contributed by atoms with Crippen molar-refractivity contribution in [1.29, 1.82) is 0 Å². The zero-order valence-corrected chi connectivity index (χ0v) is 10.4. The van der Waals surface area contributed by atoms with Crippen molar-refractivity contribution in [1.82, 2.24) is 5.32 Å². The Hall–Kier alpha value is -0.710. The second-order valence-corrected chi connectivity index (χ2v) is 4.02. The summed E-state index contributed by atoms with van der Waals surface area (Å²) >= 11 is 6.06. The van der Waals surface area contributed by atoms with Crippen molar-refractivity contribution in [3.8, 4) is 0 Å². The van der Waals surface area contributed by atoms with E-state index in [1.54, 1.807) is 13.1 Å². The Labute approximate surface area is 105 Å². The minimum Gasteiger partial charge on any atom is -0.375 e. The first-order valence-corrected chi connectivity index (χ1v) is 5.80. The molecule has 1 unspecified atom stereocenters. The first-order valence-electron chi connectivity index (χ1n) is 5.42. The van der Waals surface area contributed by atoms with E-state index in [2.05, 4.69) is 5.32 Å². The van der Waals surface area contributed by atoms with E-state index in [9.17, 15) is 8.78 Å². The van der Waals surface area contributed by atoms with Crippen LogP contribution in [0.5, 0.6) is 0 Å². The molecule has 5 heteroatoms. The van der Waals surface area contributed by atoms with Crippen molar-refractivity contribution in [2.75, 3.05) is 20.3 Å². The van der Waals surface area contributed by atoms with Crippen LogP contribution in [0.25, 0.3) is 0 Å². The summed E-state index contributed by atoms with van der Waals surface area (Å²) < 4.78 is 28.6. The van der Waals surface area contributed by atoms with E-state index >= 15 is 0 Å². The maximum absolute atomic E-state index is 11.9. The van der Waals surface area contributed by atoms with E-state index in [4.69, 9.17) is 16.3 Å². The molecule has 2 nitrogen and oxygen atoms in total. The molecule has 1 N–H and O–H groups in total. The molecule has 0 aliphatic rings. The third-order valence-corrected chi connectivity index (χ3v) is 2.77. The molecule has 1 atom stereocenters. The lowest BCUT2D eigenvalue weighted by Gasteiger charge is -2.17. The van der Waals surface area contributed by atoms with Crippen LogP contribution in [0.15, 0.2) is 24.3 Å². The molecule has 0 aromatic heterocycles. The fourth-order valence-electron chi connectivity index (χ4n) is 1.59. The lowest BCUT2D eigenvalue weighted by Crippen LogP contribution is -2.19. The highest BCUT2D eigenvalue weighted by Crippen LogP contribution is 2.24. The molecular weight excluding hydrogens is 248 g/mol. The van der Waals surface area contributed by atoms with Crippen molar-refractivity contribution in [3.05, 3.63) is 34.9 Å². The maximum Gasteiger partial charge on any atom is 0.261 e. The zero-order chi connectivity index (χ0) is 12.7. The van der Waals surface area contributed by atoms with Crippen LogP contribution >= 0.6 is 11.6 Å². The van der Waals surface area contributed by atoms with E-state index in [0.717, 1.165) is 5.56 Å². The minimum absolute atomic E-state index is 0.0152. The Morgan fingerprint density at radius 2 is 2.06 bits per heavy atom. The molecular formula is C12H16ClF2NO. The second kappa shape index (κ2) is 7.58. The summed E-state index contributed by atoms with van der Waals surface area (Å²) in [6, 6.07) is 7.48. The fourth-order valence-corrected chi connectivity index (χ4v) is 1.85. The molecule has 0 aliphatic heterocycles. The van der Waals surface area contributed by atoms with Crippen LogP contribution in [0.2, 0.25) is 5.02 Å². The van der Waals surface area contributed by atoms with Gasteiger partial charge in [0.2, 0.25) is 0 Å². The zero-order valence-electron chi connectivity index (χ0n) is 9.63. The standard InChI is InChI=1S/C12H16ClF2NO/c1-16-11(6-7-17-8-12(14)15)9-4-2-3-5-10(9)13/h2-5,11-12,16H,6-8H2,1H3. The van der Waals surface area contributed by atoms with Crippen LogP contribution in [0.1, 0.15) is 18.0 Å². The van der Waals surface area contributed by atoms with Crippen LogP contribution in [0, 0.1) is 0 Å². The highest BCUT2D eigenvalue weighted by Gasteiger charge is 2.12. The summed E-state index contributed by atoms with van der Waals surface area (Å²) in [6.07, 6.45) is -1.81. The van der Waals surface area contributed by atoms with Crippen LogP contribution in [-0.2, 0) is 4.74 Å². The molecule has 17 heavy (non-hydrogen) atoms. The molecule has 0 radical (unpaired) electrons. The lowest BCUT2D eigenvalue weighted by atomic mass is 10.0. The first kappa shape index (κ1) is 14.4. The summed E-state index contributed by atoms with van der Waals surface area (Å²) in [6.45, 7) is -0.236. The van der Waals surface area contributed by atoms with Crippen molar-refractivity contribution < 1.29 is 13.5 Å². The van der Waals surface area contributed by atoms with Gasteiger partial charge in [-0.15, -0.1) is 0 Å². The van der Waals surface area contributed by atoms with Gasteiger partial charge in [0, 0.05) is 17.7 Å². The molecule has 0 aliphatic carbocycles. The van der Waals surface area contributed by atoms with Gasteiger partial charge in [0.25, 0.3) is 6.43 Å². The molecule has 0 heterocycles. The average Bonchev–Trinajstić information content (AvgIpc) is 2.30. The maximum atomic E-state index is 11.9. The van der Waals surface area contributed by atoms with Crippen LogP contribution in [-0.4, -0.2) is 26.7 Å². The molecule has 0 amide bonds. The number of hydrogen-bond donors (Lipinski definition) is 1. The smallest absolute Gasteiger partial charge is 0.261 e. The van der Waals surface area contributed by atoms with Crippen LogP contribution < -0.4 is 5.32 Å². The Kier molecular flexibility index (Phi) is 6.40. The highest BCUT2D eigenvalue weighted by molar-refractivity contribution is 6.31. The molecule has 1 rings (SSSR count). The molecule has 0 spiro atoms. The molecule has 0 saturated carbocycles. The SMILES string of the molecule is CNC(CCOCC(F)F)c1ccccc1Cl. The van der Waals surface area contributed by atoms with Crippen molar-refractivity contribution in [2.24, 2.45) is 0 Å². The number of halogens is 3. The van der Waals surface area contributed by atoms with Gasteiger partial charge < -0.3 is 10.1 Å². The highest BCUT2D eigenvalue weighted by atomic mass is 35.5. The van der Waals surface area contributed by atoms with E-state index in [1.807, 2.05) is 18.2 Å². The number of rotatable bonds is 7. The normalized spacial score (nSPS) is 13.0. The van der Waals surface area contributed by atoms with E-state index in [1.165, 1.54) is 0 Å². The van der Waals surface area contributed by atoms with Crippen LogP contribution in [0.4, 0.5) is 8.78 Å². The van der Waals surface area contributed by atoms with Gasteiger partial charge in [-0.25, -0.2) is 8.78 Å². The number of benzene rings is 1. The molecule has 0 fully saturated rings. The lowest BCUT2D eigenvalue weighted by molar-refractivity contribution is 0.0145. The molecule has 1 aromatic rings. The summed E-state index contributed by atoms with van der Waals surface area (Å²) in [5.74, 6) is 0. The monoisotopic (exact) mass is 263 g/mol. The van der Waals surface area contributed by atoms with Gasteiger partial charge in [-0.1, -0.05) is 29.8 Å². The Morgan fingerprint density at radius 3 is 2.65 bits per heavy atom. The van der Waals surface area contributed by atoms with Gasteiger partial charge >= 0.3 is 0 Å². The van der Waals surface area contributed by atoms with Gasteiger partial charge in [0.1, 0.15) is 6.61 Å². The largest absolute Gasteiger partial charge is 0.375 e. The fraction of sp³-hybridized carbons (Fsp3) is 0.500. The van der Waals surface area contributed by atoms with Gasteiger partial charge in [-0.3, -0.25) is 0 Å². The molecule has 0 saturated heterocycles. The molecule has 0 bridgehead atoms. The predicted octanol–water partition coefficient (Wildman–Crippen LogP) is 3.27. The van der Waals surface area contributed by atoms with E-state index in [0.29, 0.717) is 11.4 Å². The van der Waals surface area contributed by atoms with Gasteiger partial charge in [0.05, 0.1) is 0 Å². The van der Waals surface area contributed by atoms with Crippen molar-refractivity contribution >= 4 is 11.6 Å². The van der Waals surface area contributed by atoms with Crippen LogP contribution in [0.3, 0.4) is 0 Å². The predicted molar refractivity (Wildman–Crippen MR) is 64.7 cm³/mol. The molecule has 1 aromatic carbocycles. The van der Waals surface area contributed by atoms with Crippen molar-refractivity contribution in [2.45, 2.75) is 18.9 Å². The third-order valence-electron chi connectivity index (χ3n) is 2.42. The molecule has 96 valence electrons. The number of hydrogen-bond acceptors (Lipinski definition) is 2. The first-order chi connectivity index (χ1) is 8.15. The minimum atomic E-state index is -2.41. The van der Waals surface area contributed by atoms with E-state index in [-0.39, 0.29) is 12.6 Å². The number of ether oxygens (including phenoxy) is 1. The average molecular weight is 264 g/mol. The van der Waals surface area contributed by atoms with Crippen molar-refractivity contribution in [3.63, 3.8) is 0 Å². The Morgan fingerprint density at radius 1 is 1.35 bits per heavy atom. The summed E-state index contributed by atoms with van der Waals surface area (Å²) in [5.41, 5.74) is 0.956. The van der Waals surface area contributed by atoms with E-state index < -0.39 is 13.0 Å². The third kappa shape index (κ3) is 4.98. The summed E-state index contributed by atoms with van der Waals surface area (Å²) in [5, 5.41) is 3.76. The Bertz CT molecular complexity index is 336. The van der Waals surface area contributed by atoms with Gasteiger partial charge in [-0.2, -0.15) is 0 Å². The summed E-state index contributed by atoms with van der Waals surface area (Å²) in [4.78, 5) is 0. The topological polar surface area (TPSA) is 21.3 Å². The Balaban J connectivity index is 2.46. The quantitative estimate of drug-likeness (QED) is 0.763.